The molecule has 0 spiro atoms. The molecule has 4 rings (SSSR count). The van der Waals surface area contributed by atoms with E-state index in [2.05, 4.69) is 77.0 Å². The van der Waals surface area contributed by atoms with Gasteiger partial charge >= 0.3 is 7.12 Å². The van der Waals surface area contributed by atoms with Gasteiger partial charge in [-0.05, 0) is 40.7 Å². The van der Waals surface area contributed by atoms with Crippen LogP contribution in [0.4, 0.5) is 5.69 Å². The summed E-state index contributed by atoms with van der Waals surface area (Å²) in [5, 5.41) is 1.08. The first-order chi connectivity index (χ1) is 12.7. The molecule has 0 saturated carbocycles. The molecule has 2 aromatic heterocycles. The van der Waals surface area contributed by atoms with Crippen molar-refractivity contribution in [3.8, 4) is 0 Å². The molecule has 6 nitrogen and oxygen atoms in total. The molecule has 9 heteroatoms. The monoisotopic (exact) mass is 501 g/mol. The minimum Gasteiger partial charge on any atom is -0.399 e. The lowest BCUT2D eigenvalue weighted by Crippen LogP contribution is -2.41. The predicted octanol–water partition coefficient (Wildman–Crippen LogP) is 3.41. The first-order valence-electron chi connectivity index (χ1n) is 9.24. The van der Waals surface area contributed by atoms with Gasteiger partial charge in [0.05, 0.1) is 35.8 Å². The van der Waals surface area contributed by atoms with Crippen molar-refractivity contribution in [2.24, 2.45) is 0 Å². The predicted molar refractivity (Wildman–Crippen MR) is 120 cm³/mol. The van der Waals surface area contributed by atoms with Gasteiger partial charge in [-0.15, -0.1) is 0 Å². The Morgan fingerprint density at radius 1 is 1.26 bits per heavy atom. The summed E-state index contributed by atoms with van der Waals surface area (Å²) in [5.41, 5.74) is 2.35. The summed E-state index contributed by atoms with van der Waals surface area (Å²) in [6, 6.07) is 2.21. The van der Waals surface area contributed by atoms with E-state index in [-0.39, 0.29) is 17.3 Å². The largest absolute Gasteiger partial charge is 0.497 e. The zero-order valence-corrected chi connectivity index (χ0v) is 19.3. The topological polar surface area (TPSA) is 48.8 Å². The van der Waals surface area contributed by atoms with Crippen LogP contribution in [0.25, 0.3) is 11.0 Å². The molecular formula is C18H25BIN3O3S. The van der Waals surface area contributed by atoms with Crippen molar-refractivity contribution in [1.82, 2.24) is 8.96 Å². The highest BCUT2D eigenvalue weighted by Gasteiger charge is 2.52. The maximum absolute atomic E-state index is 6.31. The number of ether oxygens (including phenoxy) is 1. The van der Waals surface area contributed by atoms with E-state index < -0.39 is 7.12 Å². The van der Waals surface area contributed by atoms with Crippen LogP contribution in [0, 0.1) is 0 Å². The Bertz CT molecular complexity index is 844. The van der Waals surface area contributed by atoms with E-state index in [1.165, 1.54) is 0 Å². The van der Waals surface area contributed by atoms with E-state index in [0.717, 1.165) is 41.9 Å². The molecule has 0 bridgehead atoms. The maximum Gasteiger partial charge on any atom is 0.497 e. The van der Waals surface area contributed by atoms with Crippen molar-refractivity contribution in [2.45, 2.75) is 51.9 Å². The lowest BCUT2D eigenvalue weighted by Gasteiger charge is -2.32. The zero-order valence-electron chi connectivity index (χ0n) is 16.4. The van der Waals surface area contributed by atoms with Crippen molar-refractivity contribution >= 4 is 59.6 Å². The summed E-state index contributed by atoms with van der Waals surface area (Å²) in [7, 11) is 1.20. The second kappa shape index (κ2) is 7.09. The summed E-state index contributed by atoms with van der Waals surface area (Å²) in [6.07, 6.45) is 4.27. The number of fused-ring (bicyclic) bond motifs is 1. The van der Waals surface area contributed by atoms with Gasteiger partial charge in [0, 0.05) is 60.5 Å². The molecule has 1 unspecified atom stereocenters. The van der Waals surface area contributed by atoms with Crippen LogP contribution in [0.15, 0.2) is 18.5 Å². The normalized spacial score (nSPS) is 24.7. The van der Waals surface area contributed by atoms with Gasteiger partial charge < -0.3 is 18.9 Å². The molecule has 1 atom stereocenters. The van der Waals surface area contributed by atoms with Crippen LogP contribution in [0.2, 0.25) is 0 Å². The zero-order chi connectivity index (χ0) is 19.4. The highest BCUT2D eigenvalue weighted by Crippen LogP contribution is 2.37. The van der Waals surface area contributed by atoms with Gasteiger partial charge in [0.25, 0.3) is 0 Å². The standard InChI is InChI=1S/C18H25BIN3O3S/c1-12-10-22(6-7-24-12)13-8-14-15(11-23(27-20)16(14)21-9-13)19-25-17(2,3)18(4,5)26-19/h8-9,11-12H,6-7,10H2,1-5H3. The number of nitrogens with zero attached hydrogens (tertiary/aromatic N) is 3. The number of anilines is 1. The van der Waals surface area contributed by atoms with E-state index in [0.29, 0.717) is 0 Å². The smallest absolute Gasteiger partial charge is 0.399 e. The first-order valence-corrected chi connectivity index (χ1v) is 12.6. The number of hydrogen-bond acceptors (Lipinski definition) is 6. The van der Waals surface area contributed by atoms with Crippen molar-refractivity contribution < 1.29 is 14.0 Å². The van der Waals surface area contributed by atoms with E-state index in [1.807, 2.05) is 6.20 Å². The SMILES string of the molecule is CC1CN(c2cnc3c(c2)c(B2OC(C)(C)C(C)(C)O2)cn3SI)CCO1. The Kier molecular flexibility index (Phi) is 5.20. The van der Waals surface area contributed by atoms with Crippen LogP contribution in [0.3, 0.4) is 0 Å². The fourth-order valence-corrected chi connectivity index (χ4v) is 4.79. The van der Waals surface area contributed by atoms with Gasteiger partial charge in [-0.1, -0.05) is 0 Å². The van der Waals surface area contributed by atoms with Crippen molar-refractivity contribution in [3.63, 3.8) is 0 Å². The quantitative estimate of drug-likeness (QED) is 0.475. The summed E-state index contributed by atoms with van der Waals surface area (Å²) >= 11 is 2.28. The highest BCUT2D eigenvalue weighted by molar-refractivity contribution is 14.2. The molecule has 4 heterocycles. The summed E-state index contributed by atoms with van der Waals surface area (Å²) in [5.74, 6) is 0. The van der Waals surface area contributed by atoms with Crippen LogP contribution in [0.5, 0.6) is 0 Å². The number of rotatable bonds is 3. The Labute approximate surface area is 177 Å². The highest BCUT2D eigenvalue weighted by atomic mass is 127. The van der Waals surface area contributed by atoms with E-state index in [4.69, 9.17) is 19.0 Å². The van der Waals surface area contributed by atoms with Crippen LogP contribution < -0.4 is 10.4 Å². The fraction of sp³-hybridized carbons (Fsp3) is 0.611. The molecule has 0 aromatic carbocycles. The summed E-state index contributed by atoms with van der Waals surface area (Å²) < 4.78 is 20.4. The number of pyridine rings is 1. The average molecular weight is 501 g/mol. The molecular weight excluding hydrogens is 476 g/mol. The van der Waals surface area contributed by atoms with Crippen LogP contribution in [-0.2, 0) is 14.0 Å². The molecule has 2 aliphatic rings. The average Bonchev–Trinajstić information content (AvgIpc) is 3.08. The van der Waals surface area contributed by atoms with Gasteiger partial charge in [0.15, 0.2) is 0 Å². The molecule has 27 heavy (non-hydrogen) atoms. The lowest BCUT2D eigenvalue weighted by molar-refractivity contribution is 0.00578. The summed E-state index contributed by atoms with van der Waals surface area (Å²) in [4.78, 5) is 7.10. The molecule has 0 aliphatic carbocycles. The van der Waals surface area contributed by atoms with Gasteiger partial charge in [0.1, 0.15) is 5.65 Å². The van der Waals surface area contributed by atoms with Gasteiger partial charge in [-0.2, -0.15) is 0 Å². The van der Waals surface area contributed by atoms with Crippen molar-refractivity contribution in [1.29, 1.82) is 0 Å². The lowest BCUT2D eigenvalue weighted by atomic mass is 9.79. The van der Waals surface area contributed by atoms with Gasteiger partial charge in [-0.25, -0.2) is 4.98 Å². The maximum atomic E-state index is 6.31. The van der Waals surface area contributed by atoms with Gasteiger partial charge in [0.2, 0.25) is 0 Å². The van der Waals surface area contributed by atoms with Gasteiger partial charge in [-0.3, -0.25) is 3.97 Å². The first kappa shape index (κ1) is 19.8. The van der Waals surface area contributed by atoms with Crippen molar-refractivity contribution in [2.75, 3.05) is 24.6 Å². The van der Waals surface area contributed by atoms with Crippen LogP contribution in [-0.4, -0.2) is 53.1 Å². The molecule has 2 aliphatic heterocycles. The number of hydrogen-bond donors (Lipinski definition) is 0. The third-order valence-corrected chi connectivity index (χ3v) is 7.52. The molecule has 0 amide bonds. The number of morpholine rings is 1. The minimum absolute atomic E-state index is 0.228. The molecule has 0 radical (unpaired) electrons. The molecule has 2 aromatic rings. The van der Waals surface area contributed by atoms with E-state index in [1.54, 1.807) is 9.12 Å². The molecule has 146 valence electrons. The molecule has 0 N–H and O–H groups in total. The Morgan fingerprint density at radius 3 is 2.59 bits per heavy atom. The summed E-state index contributed by atoms with van der Waals surface area (Å²) in [6.45, 7) is 12.9. The van der Waals surface area contributed by atoms with E-state index in [9.17, 15) is 0 Å². The van der Waals surface area contributed by atoms with Crippen LogP contribution in [0.1, 0.15) is 34.6 Å². The second-order valence-electron chi connectivity index (χ2n) is 8.26. The molecule has 2 fully saturated rings. The third kappa shape index (κ3) is 3.50. The third-order valence-electron chi connectivity index (χ3n) is 5.82. The Balaban J connectivity index is 1.75. The Morgan fingerprint density at radius 2 is 1.96 bits per heavy atom. The molecule has 2 saturated heterocycles. The number of halogens is 1. The fourth-order valence-electron chi connectivity index (χ4n) is 3.53. The minimum atomic E-state index is -0.400. The Hall–Kier alpha value is -0.485. The second-order valence-corrected chi connectivity index (χ2v) is 9.97. The van der Waals surface area contributed by atoms with E-state index >= 15 is 0 Å². The van der Waals surface area contributed by atoms with Crippen LogP contribution >= 0.6 is 30.3 Å². The van der Waals surface area contributed by atoms with Crippen molar-refractivity contribution in [3.05, 3.63) is 18.5 Å². The number of aromatic nitrogens is 2.